The van der Waals surface area contributed by atoms with E-state index in [2.05, 4.69) is 15.9 Å². The van der Waals surface area contributed by atoms with Crippen LogP contribution in [0.3, 0.4) is 0 Å². The average Bonchev–Trinajstić information content (AvgIpc) is 2.46. The summed E-state index contributed by atoms with van der Waals surface area (Å²) in [6.45, 7) is 1.78. The molecule has 2 aromatic carbocycles. The van der Waals surface area contributed by atoms with Crippen LogP contribution in [0.4, 0.5) is 0 Å². The molecule has 3 aromatic rings. The van der Waals surface area contributed by atoms with Gasteiger partial charge in [0.25, 0.3) is 5.56 Å². The van der Waals surface area contributed by atoms with Gasteiger partial charge in [-0.25, -0.2) is 0 Å². The maximum Gasteiger partial charge on any atom is 0.263 e. The first kappa shape index (κ1) is 13.7. The lowest BCUT2D eigenvalue weighted by molar-refractivity contribution is 0.471. The molecule has 0 fully saturated rings. The highest BCUT2D eigenvalue weighted by Gasteiger charge is 2.10. The summed E-state index contributed by atoms with van der Waals surface area (Å²) in [4.78, 5) is 12.6. The standard InChI is InChI=1S/C16H12BrNO3/c1-9-6-10(2-5-15(9)20)18-8-14(17)13-7-11(19)3-4-12(13)16(18)21/h2-8,19-20H,1H3. The largest absolute Gasteiger partial charge is 0.508 e. The Labute approximate surface area is 129 Å². The van der Waals surface area contributed by atoms with Crippen LogP contribution in [0.15, 0.2) is 51.9 Å². The molecule has 2 N–H and O–H groups in total. The molecule has 0 amide bonds. The van der Waals surface area contributed by atoms with Gasteiger partial charge in [-0.05, 0) is 64.8 Å². The fourth-order valence-corrected chi connectivity index (χ4v) is 2.80. The Balaban J connectivity index is 2.34. The topological polar surface area (TPSA) is 62.5 Å². The van der Waals surface area contributed by atoms with Crippen molar-refractivity contribution in [2.75, 3.05) is 0 Å². The minimum absolute atomic E-state index is 0.112. The number of aromatic hydroxyl groups is 2. The van der Waals surface area contributed by atoms with E-state index in [0.29, 0.717) is 26.5 Å². The van der Waals surface area contributed by atoms with Crippen LogP contribution >= 0.6 is 15.9 Å². The summed E-state index contributed by atoms with van der Waals surface area (Å²) in [7, 11) is 0. The fourth-order valence-electron chi connectivity index (χ4n) is 2.27. The molecule has 0 saturated carbocycles. The van der Waals surface area contributed by atoms with E-state index in [1.165, 1.54) is 10.6 Å². The van der Waals surface area contributed by atoms with E-state index in [9.17, 15) is 15.0 Å². The van der Waals surface area contributed by atoms with Crippen LogP contribution in [-0.2, 0) is 0 Å². The molecule has 5 heteroatoms. The number of hydrogen-bond acceptors (Lipinski definition) is 3. The Morgan fingerprint density at radius 1 is 1.05 bits per heavy atom. The van der Waals surface area contributed by atoms with Crippen LogP contribution in [0, 0.1) is 6.92 Å². The number of pyridine rings is 1. The SMILES string of the molecule is Cc1cc(-n2cc(Br)c3cc(O)ccc3c2=O)ccc1O. The smallest absolute Gasteiger partial charge is 0.263 e. The average molecular weight is 346 g/mol. The monoisotopic (exact) mass is 345 g/mol. The second-order valence-electron chi connectivity index (χ2n) is 4.85. The first-order valence-corrected chi connectivity index (χ1v) is 7.10. The molecule has 4 nitrogen and oxygen atoms in total. The third-order valence-electron chi connectivity index (χ3n) is 3.41. The van der Waals surface area contributed by atoms with Crippen molar-refractivity contribution in [3.05, 3.63) is 63.0 Å². The van der Waals surface area contributed by atoms with Crippen molar-refractivity contribution in [2.45, 2.75) is 6.92 Å². The number of nitrogens with zero attached hydrogens (tertiary/aromatic N) is 1. The van der Waals surface area contributed by atoms with Gasteiger partial charge in [-0.15, -0.1) is 0 Å². The number of fused-ring (bicyclic) bond motifs is 1. The van der Waals surface area contributed by atoms with Crippen LogP contribution in [0.25, 0.3) is 16.5 Å². The molecular weight excluding hydrogens is 334 g/mol. The molecule has 106 valence electrons. The highest BCUT2D eigenvalue weighted by Crippen LogP contribution is 2.26. The Morgan fingerprint density at radius 2 is 1.81 bits per heavy atom. The van der Waals surface area contributed by atoms with E-state index in [0.717, 1.165) is 0 Å². The molecular formula is C16H12BrNO3. The fraction of sp³-hybridized carbons (Fsp3) is 0.0625. The Bertz CT molecular complexity index is 915. The lowest BCUT2D eigenvalue weighted by Crippen LogP contribution is -2.18. The molecule has 0 spiro atoms. The summed E-state index contributed by atoms with van der Waals surface area (Å²) in [5, 5.41) is 20.3. The Morgan fingerprint density at radius 3 is 2.52 bits per heavy atom. The number of halogens is 1. The highest BCUT2D eigenvalue weighted by molar-refractivity contribution is 9.10. The van der Waals surface area contributed by atoms with Crippen molar-refractivity contribution < 1.29 is 10.2 Å². The number of phenols is 2. The van der Waals surface area contributed by atoms with Crippen molar-refractivity contribution >= 4 is 26.7 Å². The quantitative estimate of drug-likeness (QED) is 0.709. The van der Waals surface area contributed by atoms with Crippen LogP contribution < -0.4 is 5.56 Å². The number of aromatic nitrogens is 1. The van der Waals surface area contributed by atoms with Crippen LogP contribution in [-0.4, -0.2) is 14.8 Å². The van der Waals surface area contributed by atoms with Crippen molar-refractivity contribution in [3.8, 4) is 17.2 Å². The number of aryl methyl sites for hydroxylation is 1. The summed E-state index contributed by atoms with van der Waals surface area (Å²) in [6, 6.07) is 9.63. The molecule has 0 aliphatic heterocycles. The lowest BCUT2D eigenvalue weighted by Gasteiger charge is -2.11. The Kier molecular flexibility index (Phi) is 3.22. The third kappa shape index (κ3) is 2.29. The van der Waals surface area contributed by atoms with E-state index in [4.69, 9.17) is 0 Å². The van der Waals surface area contributed by atoms with E-state index in [-0.39, 0.29) is 17.1 Å². The summed E-state index contributed by atoms with van der Waals surface area (Å²) in [6.07, 6.45) is 1.66. The van der Waals surface area contributed by atoms with Crippen molar-refractivity contribution in [1.82, 2.24) is 4.57 Å². The zero-order valence-corrected chi connectivity index (χ0v) is 12.8. The van der Waals surface area contributed by atoms with E-state index < -0.39 is 0 Å². The molecule has 21 heavy (non-hydrogen) atoms. The number of benzene rings is 2. The van der Waals surface area contributed by atoms with E-state index >= 15 is 0 Å². The molecule has 0 atom stereocenters. The highest BCUT2D eigenvalue weighted by atomic mass is 79.9. The molecule has 0 unspecified atom stereocenters. The zero-order chi connectivity index (χ0) is 15.1. The van der Waals surface area contributed by atoms with Gasteiger partial charge >= 0.3 is 0 Å². The van der Waals surface area contributed by atoms with Gasteiger partial charge < -0.3 is 10.2 Å². The third-order valence-corrected chi connectivity index (χ3v) is 4.04. The molecule has 0 aliphatic carbocycles. The van der Waals surface area contributed by atoms with Crippen molar-refractivity contribution in [1.29, 1.82) is 0 Å². The molecule has 3 rings (SSSR count). The van der Waals surface area contributed by atoms with Crippen LogP contribution in [0.5, 0.6) is 11.5 Å². The molecule has 1 aromatic heterocycles. The summed E-state index contributed by atoms with van der Waals surface area (Å²) >= 11 is 3.43. The van der Waals surface area contributed by atoms with Crippen LogP contribution in [0.1, 0.15) is 5.56 Å². The van der Waals surface area contributed by atoms with Gasteiger partial charge in [-0.3, -0.25) is 9.36 Å². The molecule has 0 aliphatic rings. The molecule has 0 bridgehead atoms. The minimum atomic E-state index is -0.182. The van der Waals surface area contributed by atoms with E-state index in [1.54, 1.807) is 43.5 Å². The van der Waals surface area contributed by atoms with Crippen molar-refractivity contribution in [3.63, 3.8) is 0 Å². The summed E-state index contributed by atoms with van der Waals surface area (Å²) in [5.41, 5.74) is 1.19. The lowest BCUT2D eigenvalue weighted by atomic mass is 10.1. The van der Waals surface area contributed by atoms with Gasteiger partial charge in [0.05, 0.1) is 0 Å². The predicted octanol–water partition coefficient (Wildman–Crippen LogP) is 3.47. The van der Waals surface area contributed by atoms with Gasteiger partial charge in [0.2, 0.25) is 0 Å². The van der Waals surface area contributed by atoms with E-state index in [1.807, 2.05) is 0 Å². The predicted molar refractivity (Wildman–Crippen MR) is 85.3 cm³/mol. The minimum Gasteiger partial charge on any atom is -0.508 e. The molecule has 0 saturated heterocycles. The van der Waals surface area contributed by atoms with Crippen LogP contribution in [0.2, 0.25) is 0 Å². The number of rotatable bonds is 1. The number of phenolic OH excluding ortho intramolecular Hbond substituents is 2. The van der Waals surface area contributed by atoms with Gasteiger partial charge in [-0.1, -0.05) is 0 Å². The molecule has 0 radical (unpaired) electrons. The first-order valence-electron chi connectivity index (χ1n) is 6.31. The summed E-state index contributed by atoms with van der Waals surface area (Å²) < 4.78 is 2.22. The molecule has 1 heterocycles. The second-order valence-corrected chi connectivity index (χ2v) is 5.71. The van der Waals surface area contributed by atoms with Gasteiger partial charge in [0.15, 0.2) is 0 Å². The maximum absolute atomic E-state index is 12.6. The zero-order valence-electron chi connectivity index (χ0n) is 11.2. The van der Waals surface area contributed by atoms with Gasteiger partial charge in [-0.2, -0.15) is 0 Å². The second kappa shape index (κ2) is 4.93. The normalized spacial score (nSPS) is 11.0. The van der Waals surface area contributed by atoms with Gasteiger partial charge in [0, 0.05) is 27.1 Å². The van der Waals surface area contributed by atoms with Crippen molar-refractivity contribution in [2.24, 2.45) is 0 Å². The summed E-state index contributed by atoms with van der Waals surface area (Å²) in [5.74, 6) is 0.303. The Hall–Kier alpha value is -2.27. The maximum atomic E-state index is 12.6. The number of hydrogen-bond donors (Lipinski definition) is 2. The van der Waals surface area contributed by atoms with Gasteiger partial charge in [0.1, 0.15) is 11.5 Å². The first-order chi connectivity index (χ1) is 9.97.